The summed E-state index contributed by atoms with van der Waals surface area (Å²) >= 11 is 0. The average Bonchev–Trinajstić information content (AvgIpc) is 3.02. The molecule has 1 saturated heterocycles. The van der Waals surface area contributed by atoms with Crippen LogP contribution in [0, 0.1) is 11.8 Å². The van der Waals surface area contributed by atoms with Crippen LogP contribution in [0.25, 0.3) is 0 Å². The smallest absolute Gasteiger partial charge is 0.274 e. The molecule has 0 aromatic carbocycles. The third kappa shape index (κ3) is 3.97. The Bertz CT molecular complexity index is 804. The summed E-state index contributed by atoms with van der Waals surface area (Å²) < 4.78 is 0. The molecule has 2 amide bonds. The number of H-pyrrole nitrogens is 1. The molecule has 1 unspecified atom stereocenters. The van der Waals surface area contributed by atoms with E-state index in [0.717, 1.165) is 24.8 Å². The quantitative estimate of drug-likeness (QED) is 0.682. The number of aliphatic hydroxyl groups is 1. The molecule has 0 bridgehead atoms. The first-order valence-corrected chi connectivity index (χ1v) is 10.2. The van der Waals surface area contributed by atoms with Crippen molar-refractivity contribution in [3.8, 4) is 0 Å². The summed E-state index contributed by atoms with van der Waals surface area (Å²) in [5.41, 5.74) is 1.42. The molecule has 1 aromatic heterocycles. The van der Waals surface area contributed by atoms with Gasteiger partial charge >= 0.3 is 0 Å². The Morgan fingerprint density at radius 3 is 2.57 bits per heavy atom. The number of hydrogen-bond donors (Lipinski definition) is 3. The maximum Gasteiger partial charge on any atom is 0.274 e. The molecule has 2 heterocycles. The zero-order valence-corrected chi connectivity index (χ0v) is 16.8. The van der Waals surface area contributed by atoms with Gasteiger partial charge in [-0.1, -0.05) is 20.8 Å². The highest BCUT2D eigenvalue weighted by atomic mass is 16.3. The van der Waals surface area contributed by atoms with Crippen LogP contribution in [0.1, 0.15) is 61.6 Å². The number of amides is 2. The molecule has 1 fully saturated rings. The lowest BCUT2D eigenvalue weighted by atomic mass is 9.91. The van der Waals surface area contributed by atoms with E-state index in [4.69, 9.17) is 0 Å². The number of fused-ring (bicyclic) bond motifs is 1. The van der Waals surface area contributed by atoms with Crippen LogP contribution in [0.3, 0.4) is 0 Å². The first kappa shape index (κ1) is 20.5. The normalized spacial score (nSPS) is 22.8. The Kier molecular flexibility index (Phi) is 6.17. The number of rotatable bonds is 5. The summed E-state index contributed by atoms with van der Waals surface area (Å²) in [6.45, 7) is 6.34. The van der Waals surface area contributed by atoms with Crippen molar-refractivity contribution in [2.24, 2.45) is 11.8 Å². The minimum atomic E-state index is -0.823. The molecule has 0 radical (unpaired) electrons. The molecule has 8 heteroatoms. The highest BCUT2D eigenvalue weighted by Crippen LogP contribution is 2.23. The summed E-state index contributed by atoms with van der Waals surface area (Å²) in [6.07, 6.45) is 3.07. The standard InChI is InChI=1S/C20H30N4O4/c1-4-12(11(2)3)18(26)21-15-9-24(10-16(15)25)20(28)17-13-7-5-6-8-14(13)19(27)23-22-17/h11-12,15-16,25H,4-10H2,1-3H3,(H,21,26)(H,23,27)/t12?,15-,16+/m1/s1. The number of β-amino-alcohol motifs (C(OH)–C–C–N with tert-alkyl or cyclic N) is 1. The van der Waals surface area contributed by atoms with Crippen molar-refractivity contribution in [2.45, 2.75) is 65.0 Å². The van der Waals surface area contributed by atoms with Crippen LogP contribution in [0.15, 0.2) is 4.79 Å². The van der Waals surface area contributed by atoms with Crippen molar-refractivity contribution in [1.29, 1.82) is 0 Å². The van der Waals surface area contributed by atoms with E-state index in [1.54, 1.807) is 0 Å². The zero-order valence-electron chi connectivity index (χ0n) is 16.8. The first-order valence-electron chi connectivity index (χ1n) is 10.2. The van der Waals surface area contributed by atoms with Gasteiger partial charge in [0.2, 0.25) is 5.91 Å². The predicted molar refractivity (Wildman–Crippen MR) is 104 cm³/mol. The number of likely N-dealkylation sites (tertiary alicyclic amines) is 1. The van der Waals surface area contributed by atoms with Crippen molar-refractivity contribution in [3.63, 3.8) is 0 Å². The van der Waals surface area contributed by atoms with Crippen LogP contribution < -0.4 is 10.9 Å². The van der Waals surface area contributed by atoms with E-state index in [-0.39, 0.29) is 48.0 Å². The molecule has 1 aliphatic heterocycles. The number of nitrogens with one attached hydrogen (secondary N) is 2. The van der Waals surface area contributed by atoms with Crippen LogP contribution >= 0.6 is 0 Å². The summed E-state index contributed by atoms with van der Waals surface area (Å²) in [5, 5.41) is 19.8. The molecule has 3 rings (SSSR count). The summed E-state index contributed by atoms with van der Waals surface area (Å²) in [6, 6.07) is -0.497. The van der Waals surface area contributed by atoms with Gasteiger partial charge in [0.15, 0.2) is 5.69 Å². The highest BCUT2D eigenvalue weighted by molar-refractivity contribution is 5.94. The van der Waals surface area contributed by atoms with Gasteiger partial charge < -0.3 is 15.3 Å². The minimum Gasteiger partial charge on any atom is -0.389 e. The summed E-state index contributed by atoms with van der Waals surface area (Å²) in [4.78, 5) is 39.1. The predicted octanol–water partition coefficient (Wildman–Crippen LogP) is 0.632. The topological polar surface area (TPSA) is 115 Å². The molecule has 0 saturated carbocycles. The van der Waals surface area contributed by atoms with Crippen LogP contribution in [0.2, 0.25) is 0 Å². The van der Waals surface area contributed by atoms with Gasteiger partial charge in [0.1, 0.15) is 0 Å². The lowest BCUT2D eigenvalue weighted by Crippen LogP contribution is -2.46. The van der Waals surface area contributed by atoms with Gasteiger partial charge in [0, 0.05) is 24.6 Å². The number of aromatic nitrogens is 2. The Morgan fingerprint density at radius 1 is 1.25 bits per heavy atom. The lowest BCUT2D eigenvalue weighted by molar-refractivity contribution is -0.127. The Hall–Kier alpha value is -2.22. The van der Waals surface area contributed by atoms with Crippen molar-refractivity contribution >= 4 is 11.8 Å². The number of nitrogens with zero attached hydrogens (tertiary/aromatic N) is 2. The third-order valence-electron chi connectivity index (χ3n) is 5.98. The van der Waals surface area contributed by atoms with Crippen LogP contribution in [-0.4, -0.2) is 57.3 Å². The van der Waals surface area contributed by atoms with Crippen LogP contribution in [0.5, 0.6) is 0 Å². The van der Waals surface area contributed by atoms with E-state index < -0.39 is 12.1 Å². The molecule has 28 heavy (non-hydrogen) atoms. The van der Waals surface area contributed by atoms with E-state index in [1.165, 1.54) is 4.90 Å². The fourth-order valence-corrected chi connectivity index (χ4v) is 4.33. The van der Waals surface area contributed by atoms with Crippen molar-refractivity contribution in [3.05, 3.63) is 27.2 Å². The van der Waals surface area contributed by atoms with E-state index in [0.29, 0.717) is 18.4 Å². The van der Waals surface area contributed by atoms with Crippen molar-refractivity contribution in [2.75, 3.05) is 13.1 Å². The van der Waals surface area contributed by atoms with Crippen molar-refractivity contribution in [1.82, 2.24) is 20.4 Å². The second kappa shape index (κ2) is 8.43. The van der Waals surface area contributed by atoms with Crippen LogP contribution in [-0.2, 0) is 17.6 Å². The second-order valence-corrected chi connectivity index (χ2v) is 8.22. The molecule has 2 aliphatic rings. The number of carbonyl (C=O) groups excluding carboxylic acids is 2. The molecule has 0 spiro atoms. The minimum absolute atomic E-state index is 0.0876. The van der Waals surface area contributed by atoms with Gasteiger partial charge in [-0.05, 0) is 43.6 Å². The fraction of sp³-hybridized carbons (Fsp3) is 0.700. The Morgan fingerprint density at radius 2 is 1.93 bits per heavy atom. The third-order valence-corrected chi connectivity index (χ3v) is 5.98. The van der Waals surface area contributed by atoms with Gasteiger partial charge in [0.05, 0.1) is 12.1 Å². The van der Waals surface area contributed by atoms with Gasteiger partial charge in [-0.3, -0.25) is 14.4 Å². The number of hydrogen-bond acceptors (Lipinski definition) is 5. The lowest BCUT2D eigenvalue weighted by Gasteiger charge is -2.23. The molecule has 1 aromatic rings. The van der Waals surface area contributed by atoms with E-state index in [1.807, 2.05) is 20.8 Å². The fourth-order valence-electron chi connectivity index (χ4n) is 4.33. The molecule has 8 nitrogen and oxygen atoms in total. The first-order chi connectivity index (χ1) is 13.3. The van der Waals surface area contributed by atoms with Crippen LogP contribution in [0.4, 0.5) is 0 Å². The van der Waals surface area contributed by atoms with Gasteiger partial charge in [0.25, 0.3) is 11.5 Å². The van der Waals surface area contributed by atoms with E-state index in [9.17, 15) is 19.5 Å². The highest BCUT2D eigenvalue weighted by Gasteiger charge is 2.38. The summed E-state index contributed by atoms with van der Waals surface area (Å²) in [7, 11) is 0. The second-order valence-electron chi connectivity index (χ2n) is 8.22. The van der Waals surface area contributed by atoms with Gasteiger partial charge in [-0.25, -0.2) is 5.10 Å². The van der Waals surface area contributed by atoms with E-state index >= 15 is 0 Å². The molecule has 3 N–H and O–H groups in total. The molecule has 154 valence electrons. The maximum atomic E-state index is 13.0. The van der Waals surface area contributed by atoms with Gasteiger partial charge in [-0.2, -0.15) is 5.10 Å². The molecule has 3 atom stereocenters. The monoisotopic (exact) mass is 390 g/mol. The molecular formula is C20H30N4O4. The number of carbonyl (C=O) groups is 2. The molecule has 1 aliphatic carbocycles. The number of aliphatic hydroxyl groups excluding tert-OH is 1. The largest absolute Gasteiger partial charge is 0.389 e. The van der Waals surface area contributed by atoms with Gasteiger partial charge in [-0.15, -0.1) is 0 Å². The SMILES string of the molecule is CCC(C(=O)N[C@@H]1CN(C(=O)c2n[nH]c(=O)c3c2CCCC3)C[C@@H]1O)C(C)C. The average molecular weight is 390 g/mol. The zero-order chi connectivity index (χ0) is 20.4. The molecular weight excluding hydrogens is 360 g/mol. The Labute approximate surface area is 164 Å². The maximum absolute atomic E-state index is 13.0. The van der Waals surface area contributed by atoms with E-state index in [2.05, 4.69) is 15.5 Å². The van der Waals surface area contributed by atoms with Crippen molar-refractivity contribution < 1.29 is 14.7 Å². The number of aromatic amines is 1. The Balaban J connectivity index is 1.73. The summed E-state index contributed by atoms with van der Waals surface area (Å²) in [5.74, 6) is -0.306.